The van der Waals surface area contributed by atoms with Crippen LogP contribution in [0.15, 0.2) is 48.5 Å². The van der Waals surface area contributed by atoms with Crippen LogP contribution >= 0.6 is 0 Å². The molecule has 1 fully saturated rings. The van der Waals surface area contributed by atoms with Crippen molar-refractivity contribution in [3.63, 3.8) is 0 Å². The summed E-state index contributed by atoms with van der Waals surface area (Å²) in [6, 6.07) is 14.5. The number of benzene rings is 2. The van der Waals surface area contributed by atoms with Gasteiger partial charge in [0, 0.05) is 17.2 Å². The maximum absolute atomic E-state index is 12.7. The SMILES string of the molecule is CCOc1ccc(NC(=O)Cn2nnc(-c3ccccc3NC(=O)C3CCCCC3)n2)cc1. The van der Waals surface area contributed by atoms with Gasteiger partial charge in [-0.1, -0.05) is 31.4 Å². The van der Waals surface area contributed by atoms with Crippen molar-refractivity contribution in [3.8, 4) is 17.1 Å². The van der Waals surface area contributed by atoms with Crippen LogP contribution in [0.1, 0.15) is 39.0 Å². The lowest BCUT2D eigenvalue weighted by Gasteiger charge is -2.21. The number of anilines is 2. The fourth-order valence-electron chi connectivity index (χ4n) is 3.93. The highest BCUT2D eigenvalue weighted by Gasteiger charge is 2.22. The minimum atomic E-state index is -0.276. The molecular formula is C24H28N6O3. The molecule has 172 valence electrons. The number of hydrogen-bond donors (Lipinski definition) is 2. The molecule has 1 aliphatic carbocycles. The third kappa shape index (κ3) is 5.94. The smallest absolute Gasteiger partial charge is 0.248 e. The number of rotatable bonds is 8. The molecule has 1 aliphatic rings. The van der Waals surface area contributed by atoms with Gasteiger partial charge in [-0.2, -0.15) is 4.80 Å². The minimum absolute atomic E-state index is 0.0317. The van der Waals surface area contributed by atoms with E-state index in [1.54, 1.807) is 24.3 Å². The molecule has 0 aliphatic heterocycles. The number of ether oxygens (including phenoxy) is 1. The van der Waals surface area contributed by atoms with E-state index < -0.39 is 0 Å². The van der Waals surface area contributed by atoms with Crippen molar-refractivity contribution in [2.75, 3.05) is 17.2 Å². The molecule has 0 spiro atoms. The molecule has 1 heterocycles. The molecule has 1 aromatic heterocycles. The van der Waals surface area contributed by atoms with Crippen LogP contribution in [0, 0.1) is 5.92 Å². The van der Waals surface area contributed by atoms with Gasteiger partial charge in [0.1, 0.15) is 12.3 Å². The zero-order chi connectivity index (χ0) is 23.0. The summed E-state index contributed by atoms with van der Waals surface area (Å²) in [6.45, 7) is 2.41. The molecular weight excluding hydrogens is 420 g/mol. The van der Waals surface area contributed by atoms with Gasteiger partial charge in [-0.3, -0.25) is 9.59 Å². The third-order valence-corrected chi connectivity index (χ3v) is 5.59. The van der Waals surface area contributed by atoms with Crippen LogP contribution in [-0.2, 0) is 16.1 Å². The molecule has 2 aromatic carbocycles. The highest BCUT2D eigenvalue weighted by molar-refractivity contribution is 5.96. The molecule has 33 heavy (non-hydrogen) atoms. The van der Waals surface area contributed by atoms with Gasteiger partial charge in [0.05, 0.1) is 12.3 Å². The Morgan fingerprint density at radius 3 is 2.55 bits per heavy atom. The molecule has 2 amide bonds. The van der Waals surface area contributed by atoms with Gasteiger partial charge in [0.15, 0.2) is 0 Å². The molecule has 2 N–H and O–H groups in total. The number of tetrazole rings is 1. The molecule has 9 nitrogen and oxygen atoms in total. The van der Waals surface area contributed by atoms with Gasteiger partial charge >= 0.3 is 0 Å². The van der Waals surface area contributed by atoms with Crippen LogP contribution in [0.25, 0.3) is 11.4 Å². The van der Waals surface area contributed by atoms with Crippen molar-refractivity contribution in [1.29, 1.82) is 0 Å². The highest BCUT2D eigenvalue weighted by atomic mass is 16.5. The van der Waals surface area contributed by atoms with Crippen molar-refractivity contribution in [2.45, 2.75) is 45.6 Å². The largest absolute Gasteiger partial charge is 0.494 e. The number of para-hydroxylation sites is 1. The lowest BCUT2D eigenvalue weighted by atomic mass is 9.88. The fourth-order valence-corrected chi connectivity index (χ4v) is 3.93. The summed E-state index contributed by atoms with van der Waals surface area (Å²) in [5.41, 5.74) is 1.96. The zero-order valence-electron chi connectivity index (χ0n) is 18.7. The Kier molecular flexibility index (Phi) is 7.29. The standard InChI is InChI=1S/C24H28N6O3/c1-2-33-19-14-12-18(13-15-19)25-22(31)16-30-28-23(27-29-30)20-10-6-7-11-21(20)26-24(32)17-8-4-3-5-9-17/h6-7,10-15,17H,2-5,8-9,16H2,1H3,(H,25,31)(H,26,32). The number of amides is 2. The van der Waals surface area contributed by atoms with E-state index in [0.717, 1.165) is 31.4 Å². The van der Waals surface area contributed by atoms with E-state index in [4.69, 9.17) is 4.74 Å². The third-order valence-electron chi connectivity index (χ3n) is 5.59. The van der Waals surface area contributed by atoms with E-state index >= 15 is 0 Å². The van der Waals surface area contributed by atoms with E-state index in [1.165, 1.54) is 11.2 Å². The first-order valence-electron chi connectivity index (χ1n) is 11.3. The first-order chi connectivity index (χ1) is 16.1. The summed E-state index contributed by atoms with van der Waals surface area (Å²) in [5, 5.41) is 18.3. The molecule has 9 heteroatoms. The molecule has 1 saturated carbocycles. The van der Waals surface area contributed by atoms with Crippen molar-refractivity contribution < 1.29 is 14.3 Å². The predicted molar refractivity (Wildman–Crippen MR) is 125 cm³/mol. The lowest BCUT2D eigenvalue weighted by Crippen LogP contribution is -2.25. The number of hydrogen-bond acceptors (Lipinski definition) is 6. The van der Waals surface area contributed by atoms with Gasteiger partial charge in [-0.15, -0.1) is 10.2 Å². The Labute approximate surface area is 192 Å². The van der Waals surface area contributed by atoms with Crippen LogP contribution in [0.3, 0.4) is 0 Å². The average Bonchev–Trinajstić information content (AvgIpc) is 3.29. The Balaban J connectivity index is 1.39. The van der Waals surface area contributed by atoms with E-state index in [9.17, 15) is 9.59 Å². The maximum Gasteiger partial charge on any atom is 0.248 e. The molecule has 0 unspecified atom stereocenters. The van der Waals surface area contributed by atoms with Crippen LogP contribution in [0.2, 0.25) is 0 Å². The highest BCUT2D eigenvalue weighted by Crippen LogP contribution is 2.28. The first kappa shape index (κ1) is 22.4. The number of carbonyl (C=O) groups excluding carboxylic acids is 2. The van der Waals surface area contributed by atoms with Crippen LogP contribution < -0.4 is 15.4 Å². The van der Waals surface area contributed by atoms with Crippen molar-refractivity contribution >= 4 is 23.2 Å². The van der Waals surface area contributed by atoms with Gasteiger partial charge in [-0.25, -0.2) is 0 Å². The number of carbonyl (C=O) groups is 2. The van der Waals surface area contributed by atoms with Crippen LogP contribution in [0.4, 0.5) is 11.4 Å². The van der Waals surface area contributed by atoms with Crippen molar-refractivity contribution in [2.24, 2.45) is 5.92 Å². The molecule has 3 aromatic rings. The topological polar surface area (TPSA) is 111 Å². The molecule has 0 saturated heterocycles. The second kappa shape index (κ2) is 10.7. The first-order valence-corrected chi connectivity index (χ1v) is 11.3. The van der Waals surface area contributed by atoms with E-state index in [-0.39, 0.29) is 24.3 Å². The fraction of sp³-hybridized carbons (Fsp3) is 0.375. The van der Waals surface area contributed by atoms with E-state index in [2.05, 4.69) is 26.0 Å². The Morgan fingerprint density at radius 1 is 1.03 bits per heavy atom. The van der Waals surface area contributed by atoms with Crippen molar-refractivity contribution in [3.05, 3.63) is 48.5 Å². The van der Waals surface area contributed by atoms with Crippen LogP contribution in [0.5, 0.6) is 5.75 Å². The molecule has 0 bridgehead atoms. The summed E-state index contributed by atoms with van der Waals surface area (Å²) in [4.78, 5) is 26.3. The van der Waals surface area contributed by atoms with Crippen LogP contribution in [-0.4, -0.2) is 38.6 Å². The van der Waals surface area contributed by atoms with Gasteiger partial charge in [0.2, 0.25) is 17.6 Å². The summed E-state index contributed by atoms with van der Waals surface area (Å²) in [6.07, 6.45) is 5.22. The average molecular weight is 449 g/mol. The number of aromatic nitrogens is 4. The Morgan fingerprint density at radius 2 is 1.79 bits per heavy atom. The summed E-state index contributed by atoms with van der Waals surface area (Å²) < 4.78 is 5.40. The van der Waals surface area contributed by atoms with Gasteiger partial charge < -0.3 is 15.4 Å². The van der Waals surface area contributed by atoms with Gasteiger partial charge in [-0.05, 0) is 61.4 Å². The number of nitrogens with one attached hydrogen (secondary N) is 2. The van der Waals surface area contributed by atoms with E-state index in [1.807, 2.05) is 31.2 Å². The number of nitrogens with zero attached hydrogens (tertiary/aromatic N) is 4. The monoisotopic (exact) mass is 448 g/mol. The summed E-state index contributed by atoms with van der Waals surface area (Å²) in [5.74, 6) is 0.892. The molecule has 4 rings (SSSR count). The normalized spacial score (nSPS) is 14.0. The van der Waals surface area contributed by atoms with Crippen molar-refractivity contribution in [1.82, 2.24) is 20.2 Å². The summed E-state index contributed by atoms with van der Waals surface area (Å²) in [7, 11) is 0. The molecule has 0 atom stereocenters. The minimum Gasteiger partial charge on any atom is -0.494 e. The zero-order valence-corrected chi connectivity index (χ0v) is 18.7. The maximum atomic E-state index is 12.7. The second-order valence-corrected chi connectivity index (χ2v) is 8.02. The predicted octanol–water partition coefficient (Wildman–Crippen LogP) is 3.90. The molecule has 0 radical (unpaired) electrons. The lowest BCUT2D eigenvalue weighted by molar-refractivity contribution is -0.120. The van der Waals surface area contributed by atoms with Gasteiger partial charge in [0.25, 0.3) is 0 Å². The summed E-state index contributed by atoms with van der Waals surface area (Å²) >= 11 is 0. The van der Waals surface area contributed by atoms with E-state index in [0.29, 0.717) is 29.4 Å². The Hall–Kier alpha value is -3.75. The Bertz CT molecular complexity index is 1090. The quantitative estimate of drug-likeness (QED) is 0.541. The second-order valence-electron chi connectivity index (χ2n) is 8.02.